The lowest BCUT2D eigenvalue weighted by molar-refractivity contribution is -0.139. The zero-order valence-corrected chi connectivity index (χ0v) is 16.7. The van der Waals surface area contributed by atoms with E-state index in [0.717, 1.165) is 16.3 Å². The normalized spacial score (nSPS) is 10.9. The Balaban J connectivity index is 1.63. The first kappa shape index (κ1) is 20.1. The molecule has 0 aliphatic carbocycles. The van der Waals surface area contributed by atoms with E-state index in [1.54, 1.807) is 38.5 Å². The molecule has 0 atom stereocenters. The Kier molecular flexibility index (Phi) is 6.61. The minimum Gasteiger partial charge on any atom is -0.497 e. The summed E-state index contributed by atoms with van der Waals surface area (Å²) < 4.78 is 15.5. The Morgan fingerprint density at radius 2 is 1.69 bits per heavy atom. The number of hydrogen-bond acceptors (Lipinski definition) is 7. The summed E-state index contributed by atoms with van der Waals surface area (Å²) >= 11 is 1.45. The molecule has 29 heavy (non-hydrogen) atoms. The molecule has 6 nitrogen and oxygen atoms in total. The third kappa shape index (κ3) is 5.21. The molecule has 146 valence electrons. The van der Waals surface area contributed by atoms with Crippen molar-refractivity contribution in [3.05, 3.63) is 70.7 Å². The topological polar surface area (TPSA) is 81.4 Å². The molecule has 3 aromatic rings. The fourth-order valence-electron chi connectivity index (χ4n) is 2.46. The second kappa shape index (κ2) is 9.53. The Bertz CT molecular complexity index is 1050. The SMILES string of the molecule is COc1ccc(/C=C(\C#N)C(=O)OCc2csc(-c3ccc(OC)cc3)n2)cc1. The zero-order chi connectivity index (χ0) is 20.6. The Morgan fingerprint density at radius 1 is 1.07 bits per heavy atom. The first-order valence-electron chi connectivity index (χ1n) is 8.64. The van der Waals surface area contributed by atoms with Crippen molar-refractivity contribution in [3.63, 3.8) is 0 Å². The van der Waals surface area contributed by atoms with E-state index in [1.807, 2.05) is 35.7 Å². The number of thiazole rings is 1. The largest absolute Gasteiger partial charge is 0.497 e. The molecule has 0 fully saturated rings. The average molecular weight is 406 g/mol. The molecule has 1 heterocycles. The van der Waals surface area contributed by atoms with Crippen molar-refractivity contribution in [1.29, 1.82) is 5.26 Å². The van der Waals surface area contributed by atoms with Crippen molar-refractivity contribution in [3.8, 4) is 28.1 Å². The summed E-state index contributed by atoms with van der Waals surface area (Å²) in [6.45, 7) is -0.00682. The number of ether oxygens (including phenoxy) is 3. The van der Waals surface area contributed by atoms with Crippen LogP contribution in [0, 0.1) is 11.3 Å². The van der Waals surface area contributed by atoms with Gasteiger partial charge in [-0.05, 0) is 48.0 Å². The van der Waals surface area contributed by atoms with Gasteiger partial charge in [-0.1, -0.05) is 12.1 Å². The van der Waals surface area contributed by atoms with E-state index in [4.69, 9.17) is 14.2 Å². The van der Waals surface area contributed by atoms with Crippen molar-refractivity contribution in [1.82, 2.24) is 4.98 Å². The van der Waals surface area contributed by atoms with Crippen LogP contribution in [-0.4, -0.2) is 25.2 Å². The van der Waals surface area contributed by atoms with Crippen LogP contribution in [0.2, 0.25) is 0 Å². The van der Waals surface area contributed by atoms with Crippen LogP contribution >= 0.6 is 11.3 Å². The summed E-state index contributed by atoms with van der Waals surface area (Å²) in [4.78, 5) is 16.7. The highest BCUT2D eigenvalue weighted by molar-refractivity contribution is 7.13. The van der Waals surface area contributed by atoms with Crippen molar-refractivity contribution in [2.24, 2.45) is 0 Å². The molecule has 0 N–H and O–H groups in total. The van der Waals surface area contributed by atoms with Crippen LogP contribution in [0.25, 0.3) is 16.6 Å². The van der Waals surface area contributed by atoms with E-state index < -0.39 is 5.97 Å². The van der Waals surface area contributed by atoms with Crippen LogP contribution < -0.4 is 9.47 Å². The van der Waals surface area contributed by atoms with Gasteiger partial charge >= 0.3 is 5.97 Å². The molecule has 0 aliphatic heterocycles. The fraction of sp³-hybridized carbons (Fsp3) is 0.136. The van der Waals surface area contributed by atoms with E-state index in [1.165, 1.54) is 17.4 Å². The smallest absolute Gasteiger partial charge is 0.349 e. The minimum absolute atomic E-state index is 0.00682. The summed E-state index contributed by atoms with van der Waals surface area (Å²) in [7, 11) is 3.19. The first-order chi connectivity index (χ1) is 14.1. The third-order valence-corrected chi connectivity index (χ3v) is 4.95. The van der Waals surface area contributed by atoms with E-state index >= 15 is 0 Å². The molecule has 0 saturated carbocycles. The van der Waals surface area contributed by atoms with E-state index in [0.29, 0.717) is 17.0 Å². The van der Waals surface area contributed by atoms with Gasteiger partial charge in [0.25, 0.3) is 0 Å². The number of nitrogens with zero attached hydrogens (tertiary/aromatic N) is 2. The summed E-state index contributed by atoms with van der Waals surface area (Å²) in [5.74, 6) is 0.772. The number of rotatable bonds is 7. The highest BCUT2D eigenvalue weighted by Crippen LogP contribution is 2.26. The maximum absolute atomic E-state index is 12.2. The number of nitriles is 1. The molecule has 1 aromatic heterocycles. The second-order valence-electron chi connectivity index (χ2n) is 5.89. The van der Waals surface area contributed by atoms with Crippen molar-refractivity contribution in [2.75, 3.05) is 14.2 Å². The number of benzene rings is 2. The molecule has 0 bridgehead atoms. The van der Waals surface area contributed by atoms with Crippen LogP contribution in [-0.2, 0) is 16.1 Å². The number of carbonyl (C=O) groups is 1. The fourth-order valence-corrected chi connectivity index (χ4v) is 3.27. The maximum atomic E-state index is 12.2. The van der Waals surface area contributed by atoms with Crippen molar-refractivity contribution >= 4 is 23.4 Å². The van der Waals surface area contributed by atoms with Crippen LogP contribution in [0.4, 0.5) is 0 Å². The highest BCUT2D eigenvalue weighted by Gasteiger charge is 2.13. The quantitative estimate of drug-likeness (QED) is 0.327. The zero-order valence-electron chi connectivity index (χ0n) is 15.9. The van der Waals surface area contributed by atoms with Gasteiger partial charge in [-0.3, -0.25) is 0 Å². The van der Waals surface area contributed by atoms with E-state index in [9.17, 15) is 10.1 Å². The van der Waals surface area contributed by atoms with Gasteiger partial charge in [0.05, 0.1) is 19.9 Å². The molecular weight excluding hydrogens is 388 g/mol. The van der Waals surface area contributed by atoms with Gasteiger partial charge in [-0.2, -0.15) is 5.26 Å². The van der Waals surface area contributed by atoms with Gasteiger partial charge in [-0.25, -0.2) is 9.78 Å². The van der Waals surface area contributed by atoms with Crippen molar-refractivity contribution in [2.45, 2.75) is 6.61 Å². The van der Waals surface area contributed by atoms with Crippen LogP contribution in [0.5, 0.6) is 11.5 Å². The van der Waals surface area contributed by atoms with Crippen LogP contribution in [0.3, 0.4) is 0 Å². The van der Waals surface area contributed by atoms with Gasteiger partial charge in [0.2, 0.25) is 0 Å². The molecule has 0 saturated heterocycles. The van der Waals surface area contributed by atoms with Gasteiger partial charge < -0.3 is 14.2 Å². The van der Waals surface area contributed by atoms with E-state index in [2.05, 4.69) is 4.98 Å². The molecule has 7 heteroatoms. The Labute approximate surface area is 172 Å². The number of hydrogen-bond donors (Lipinski definition) is 0. The second-order valence-corrected chi connectivity index (χ2v) is 6.75. The highest BCUT2D eigenvalue weighted by atomic mass is 32.1. The molecular formula is C22H18N2O4S. The standard InChI is InChI=1S/C22H18N2O4S/c1-26-19-7-3-15(4-8-19)11-17(12-23)22(25)28-13-18-14-29-21(24-18)16-5-9-20(27-2)10-6-16/h3-11,14H,13H2,1-2H3/b17-11+. The predicted octanol–water partition coefficient (Wildman–Crippen LogP) is 4.48. The number of methoxy groups -OCH3 is 2. The van der Waals surface area contributed by atoms with E-state index in [-0.39, 0.29) is 12.2 Å². The summed E-state index contributed by atoms with van der Waals surface area (Å²) in [5, 5.41) is 11.9. The lowest BCUT2D eigenvalue weighted by Crippen LogP contribution is -2.07. The number of esters is 1. The molecule has 3 rings (SSSR count). The maximum Gasteiger partial charge on any atom is 0.349 e. The lowest BCUT2D eigenvalue weighted by atomic mass is 10.1. The molecule has 0 spiro atoms. The van der Waals surface area contributed by atoms with Gasteiger partial charge in [0.15, 0.2) is 0 Å². The lowest BCUT2D eigenvalue weighted by Gasteiger charge is -2.03. The van der Waals surface area contributed by atoms with Crippen LogP contribution in [0.15, 0.2) is 59.5 Å². The minimum atomic E-state index is -0.692. The van der Waals surface area contributed by atoms with Gasteiger partial charge in [0, 0.05) is 10.9 Å². The van der Waals surface area contributed by atoms with Gasteiger partial charge in [-0.15, -0.1) is 11.3 Å². The average Bonchev–Trinajstić information content (AvgIpc) is 3.25. The third-order valence-electron chi connectivity index (χ3n) is 4.01. The summed E-state index contributed by atoms with van der Waals surface area (Å²) in [5.41, 5.74) is 2.19. The summed E-state index contributed by atoms with van der Waals surface area (Å²) in [6, 6.07) is 16.4. The molecule has 0 unspecified atom stereocenters. The Morgan fingerprint density at radius 3 is 2.28 bits per heavy atom. The van der Waals surface area contributed by atoms with Crippen molar-refractivity contribution < 1.29 is 19.0 Å². The molecule has 0 radical (unpaired) electrons. The number of aromatic nitrogens is 1. The molecule has 2 aromatic carbocycles. The van der Waals surface area contributed by atoms with Crippen LogP contribution in [0.1, 0.15) is 11.3 Å². The molecule has 0 amide bonds. The summed E-state index contributed by atoms with van der Waals surface area (Å²) in [6.07, 6.45) is 1.48. The first-order valence-corrected chi connectivity index (χ1v) is 9.52. The van der Waals surface area contributed by atoms with Gasteiger partial charge in [0.1, 0.15) is 34.8 Å². The number of carbonyl (C=O) groups excluding carboxylic acids is 1. The monoisotopic (exact) mass is 406 g/mol. The predicted molar refractivity (Wildman–Crippen MR) is 110 cm³/mol. The Hall–Kier alpha value is -3.63. The molecule has 0 aliphatic rings.